The van der Waals surface area contributed by atoms with E-state index in [2.05, 4.69) is 20.2 Å². The minimum atomic E-state index is -0.291. The zero-order valence-corrected chi connectivity index (χ0v) is 9.83. The van der Waals surface area contributed by atoms with Crippen LogP contribution in [-0.4, -0.2) is 33.9 Å². The summed E-state index contributed by atoms with van der Waals surface area (Å²) in [7, 11) is 0. The van der Waals surface area contributed by atoms with E-state index in [1.807, 2.05) is 6.07 Å². The van der Waals surface area contributed by atoms with Gasteiger partial charge < -0.3 is 15.7 Å². The smallest absolute Gasteiger partial charge is 0.319 e. The van der Waals surface area contributed by atoms with Gasteiger partial charge in [-0.1, -0.05) is 4.49 Å². The maximum atomic E-state index is 11.4. The van der Waals surface area contributed by atoms with Crippen molar-refractivity contribution < 1.29 is 9.90 Å². The number of nitrogens with one attached hydrogen (secondary N) is 2. The minimum absolute atomic E-state index is 0.0662. The summed E-state index contributed by atoms with van der Waals surface area (Å²) < 4.78 is 4.80. The average molecular weight is 252 g/mol. The summed E-state index contributed by atoms with van der Waals surface area (Å²) >= 11 is 1.31. The van der Waals surface area contributed by atoms with Crippen molar-refractivity contribution in [2.24, 2.45) is 0 Å². The number of amides is 2. The summed E-state index contributed by atoms with van der Waals surface area (Å²) in [5.41, 5.74) is 1.44. The van der Waals surface area contributed by atoms with Crippen LogP contribution in [0.25, 0.3) is 10.2 Å². The molecule has 0 saturated heterocycles. The van der Waals surface area contributed by atoms with E-state index in [1.165, 1.54) is 11.5 Å². The van der Waals surface area contributed by atoms with Crippen LogP contribution in [0.3, 0.4) is 0 Å². The normalized spacial score (nSPS) is 10.4. The van der Waals surface area contributed by atoms with Crippen molar-refractivity contribution in [1.82, 2.24) is 14.9 Å². The highest BCUT2D eigenvalue weighted by Crippen LogP contribution is 2.19. The first-order valence-electron chi connectivity index (χ1n) is 5.17. The Kier molecular flexibility index (Phi) is 3.84. The van der Waals surface area contributed by atoms with Gasteiger partial charge in [0.2, 0.25) is 0 Å². The number of aromatic nitrogens is 2. The monoisotopic (exact) mass is 252 g/mol. The summed E-state index contributed by atoms with van der Waals surface area (Å²) in [5.74, 6) is 0. The molecule has 0 aliphatic rings. The average Bonchev–Trinajstić information content (AvgIpc) is 2.76. The predicted octanol–water partition coefficient (Wildman–Crippen LogP) is 1.20. The van der Waals surface area contributed by atoms with Gasteiger partial charge in [0.25, 0.3) is 0 Å². The van der Waals surface area contributed by atoms with Gasteiger partial charge in [0.1, 0.15) is 5.52 Å². The van der Waals surface area contributed by atoms with E-state index in [1.54, 1.807) is 12.1 Å². The zero-order valence-electron chi connectivity index (χ0n) is 9.01. The van der Waals surface area contributed by atoms with Crippen molar-refractivity contribution in [3.63, 3.8) is 0 Å². The number of hydrogen-bond acceptors (Lipinski definition) is 5. The number of fused-ring (bicyclic) bond motifs is 1. The van der Waals surface area contributed by atoms with Gasteiger partial charge in [0.05, 0.1) is 4.70 Å². The number of urea groups is 1. The van der Waals surface area contributed by atoms with Crippen molar-refractivity contribution in [2.45, 2.75) is 6.42 Å². The second-order valence-electron chi connectivity index (χ2n) is 3.41. The summed E-state index contributed by atoms with van der Waals surface area (Å²) in [6, 6.07) is 5.14. The number of benzene rings is 1. The Morgan fingerprint density at radius 3 is 3.18 bits per heavy atom. The first kappa shape index (κ1) is 11.7. The molecule has 6 nitrogen and oxygen atoms in total. The summed E-state index contributed by atoms with van der Waals surface area (Å²) in [4.78, 5) is 11.4. The lowest BCUT2D eigenvalue weighted by Gasteiger charge is -2.06. The van der Waals surface area contributed by atoms with Crippen LogP contribution >= 0.6 is 11.5 Å². The van der Waals surface area contributed by atoms with E-state index in [4.69, 9.17) is 5.11 Å². The number of aliphatic hydroxyl groups excluding tert-OH is 1. The molecule has 0 radical (unpaired) electrons. The van der Waals surface area contributed by atoms with Crippen molar-refractivity contribution in [3.8, 4) is 0 Å². The number of anilines is 1. The van der Waals surface area contributed by atoms with Gasteiger partial charge in [0, 0.05) is 18.8 Å². The maximum absolute atomic E-state index is 11.4. The maximum Gasteiger partial charge on any atom is 0.319 e. The number of carbonyl (C=O) groups excluding carboxylic acids is 1. The highest BCUT2D eigenvalue weighted by atomic mass is 32.1. The highest BCUT2D eigenvalue weighted by Gasteiger charge is 2.03. The van der Waals surface area contributed by atoms with Gasteiger partial charge in [-0.15, -0.1) is 5.10 Å². The molecule has 1 aromatic carbocycles. The molecule has 0 saturated carbocycles. The lowest BCUT2D eigenvalue weighted by Crippen LogP contribution is -2.29. The van der Waals surface area contributed by atoms with Crippen LogP contribution in [-0.2, 0) is 0 Å². The Balaban J connectivity index is 1.95. The molecule has 2 amide bonds. The third-order valence-corrected chi connectivity index (χ3v) is 2.83. The fourth-order valence-corrected chi connectivity index (χ4v) is 1.85. The fraction of sp³-hybridized carbons (Fsp3) is 0.300. The standard InChI is InChI=1S/C10H12N4O2S/c15-5-1-4-11-10(16)12-7-2-3-9-8(6-7)13-14-17-9/h2-3,6,15H,1,4-5H2,(H2,11,12,16). The molecular formula is C10H12N4O2S. The Labute approximate surface area is 102 Å². The minimum Gasteiger partial charge on any atom is -0.396 e. The molecule has 0 spiro atoms. The van der Waals surface area contributed by atoms with Crippen LogP contribution in [0.15, 0.2) is 18.2 Å². The van der Waals surface area contributed by atoms with Crippen molar-refractivity contribution in [2.75, 3.05) is 18.5 Å². The third-order valence-electron chi connectivity index (χ3n) is 2.12. The fourth-order valence-electron chi connectivity index (χ4n) is 1.32. The summed E-state index contributed by atoms with van der Waals surface area (Å²) in [5, 5.41) is 17.8. The van der Waals surface area contributed by atoms with Gasteiger partial charge in [0.15, 0.2) is 0 Å². The SMILES string of the molecule is O=C(NCCCO)Nc1ccc2snnc2c1. The zero-order chi connectivity index (χ0) is 12.1. The molecule has 17 heavy (non-hydrogen) atoms. The van der Waals surface area contributed by atoms with Gasteiger partial charge in [-0.05, 0) is 36.2 Å². The molecule has 0 aliphatic carbocycles. The van der Waals surface area contributed by atoms with E-state index < -0.39 is 0 Å². The molecule has 7 heteroatoms. The van der Waals surface area contributed by atoms with Crippen molar-refractivity contribution in [1.29, 1.82) is 0 Å². The van der Waals surface area contributed by atoms with E-state index in [0.29, 0.717) is 18.7 Å². The third kappa shape index (κ3) is 3.11. The molecular weight excluding hydrogens is 240 g/mol. The number of rotatable bonds is 4. The Morgan fingerprint density at radius 2 is 2.35 bits per heavy atom. The molecule has 2 rings (SSSR count). The van der Waals surface area contributed by atoms with E-state index in [9.17, 15) is 4.79 Å². The molecule has 2 aromatic rings. The second kappa shape index (κ2) is 5.55. The molecule has 0 aliphatic heterocycles. The molecule has 0 fully saturated rings. The van der Waals surface area contributed by atoms with Crippen LogP contribution in [0.4, 0.5) is 10.5 Å². The molecule has 1 aromatic heterocycles. The van der Waals surface area contributed by atoms with Gasteiger partial charge in [-0.2, -0.15) is 0 Å². The highest BCUT2D eigenvalue weighted by molar-refractivity contribution is 7.12. The van der Waals surface area contributed by atoms with Crippen LogP contribution < -0.4 is 10.6 Å². The van der Waals surface area contributed by atoms with Crippen LogP contribution in [0.1, 0.15) is 6.42 Å². The largest absolute Gasteiger partial charge is 0.396 e. The Bertz CT molecular complexity index is 514. The van der Waals surface area contributed by atoms with Crippen molar-refractivity contribution >= 4 is 33.5 Å². The molecule has 0 unspecified atom stereocenters. The van der Waals surface area contributed by atoms with E-state index >= 15 is 0 Å². The van der Waals surface area contributed by atoms with E-state index in [-0.39, 0.29) is 12.6 Å². The summed E-state index contributed by atoms with van der Waals surface area (Å²) in [6.45, 7) is 0.513. The van der Waals surface area contributed by atoms with Crippen LogP contribution in [0.2, 0.25) is 0 Å². The summed E-state index contributed by atoms with van der Waals surface area (Å²) in [6.07, 6.45) is 0.544. The molecule has 0 bridgehead atoms. The quantitative estimate of drug-likeness (QED) is 0.713. The lowest BCUT2D eigenvalue weighted by molar-refractivity contribution is 0.249. The van der Waals surface area contributed by atoms with E-state index in [0.717, 1.165) is 10.2 Å². The Morgan fingerprint density at radius 1 is 1.47 bits per heavy atom. The van der Waals surface area contributed by atoms with Crippen LogP contribution in [0.5, 0.6) is 0 Å². The number of aliphatic hydroxyl groups is 1. The molecule has 0 atom stereocenters. The first-order valence-corrected chi connectivity index (χ1v) is 5.95. The van der Waals surface area contributed by atoms with Crippen LogP contribution in [0, 0.1) is 0 Å². The number of hydrogen-bond donors (Lipinski definition) is 3. The molecule has 3 N–H and O–H groups in total. The van der Waals surface area contributed by atoms with Gasteiger partial charge >= 0.3 is 6.03 Å². The molecule has 90 valence electrons. The number of carbonyl (C=O) groups is 1. The van der Waals surface area contributed by atoms with Gasteiger partial charge in [-0.3, -0.25) is 0 Å². The Hall–Kier alpha value is -1.73. The predicted molar refractivity (Wildman–Crippen MR) is 66.1 cm³/mol. The van der Waals surface area contributed by atoms with Gasteiger partial charge in [-0.25, -0.2) is 4.79 Å². The lowest BCUT2D eigenvalue weighted by atomic mass is 10.3. The number of nitrogens with zero attached hydrogens (tertiary/aromatic N) is 2. The second-order valence-corrected chi connectivity index (χ2v) is 4.20. The topological polar surface area (TPSA) is 87.1 Å². The molecule has 1 heterocycles. The first-order chi connectivity index (χ1) is 8.29. The van der Waals surface area contributed by atoms with Crippen molar-refractivity contribution in [3.05, 3.63) is 18.2 Å².